The molecule has 2 fully saturated rings. The van der Waals surface area contributed by atoms with E-state index in [1.807, 2.05) is 26.0 Å². The van der Waals surface area contributed by atoms with Crippen molar-refractivity contribution in [3.05, 3.63) is 36.6 Å². The van der Waals surface area contributed by atoms with Crippen molar-refractivity contribution in [2.45, 2.75) is 19.4 Å². The zero-order chi connectivity index (χ0) is 14.2. The van der Waals surface area contributed by atoms with Crippen molar-refractivity contribution in [3.63, 3.8) is 0 Å². The molecule has 0 aliphatic carbocycles. The van der Waals surface area contributed by atoms with Gasteiger partial charge in [0.2, 0.25) is 0 Å². The summed E-state index contributed by atoms with van der Waals surface area (Å²) < 4.78 is 17.1. The van der Waals surface area contributed by atoms with Gasteiger partial charge < -0.3 is 18.9 Å². The smallest absolute Gasteiger partial charge is 0.534 e. The summed E-state index contributed by atoms with van der Waals surface area (Å²) in [7, 11) is -0.363. The molecule has 4 nitrogen and oxygen atoms in total. The van der Waals surface area contributed by atoms with Crippen molar-refractivity contribution < 1.29 is 14.0 Å². The van der Waals surface area contributed by atoms with Gasteiger partial charge in [-0.15, -0.1) is 0 Å². The van der Waals surface area contributed by atoms with Crippen LogP contribution >= 0.6 is 0 Å². The number of rotatable bonds is 2. The van der Waals surface area contributed by atoms with Gasteiger partial charge in [-0.05, 0) is 31.4 Å². The Hall–Kier alpha value is -1.46. The van der Waals surface area contributed by atoms with Gasteiger partial charge in [0.1, 0.15) is 5.60 Å². The summed E-state index contributed by atoms with van der Waals surface area (Å²) in [5, 5.41) is 0. The third-order valence-corrected chi connectivity index (χ3v) is 3.84. The lowest BCUT2D eigenvalue weighted by atomic mass is 9.79. The van der Waals surface area contributed by atoms with Gasteiger partial charge in [-0.25, -0.2) is 0 Å². The zero-order valence-electron chi connectivity index (χ0n) is 12.1. The lowest BCUT2D eigenvalue weighted by molar-refractivity contribution is 0.122. The lowest BCUT2D eigenvalue weighted by Crippen LogP contribution is -2.38. The highest BCUT2D eigenvalue weighted by molar-refractivity contribution is 6.62. The number of anilines is 1. The van der Waals surface area contributed by atoms with Gasteiger partial charge in [-0.3, -0.25) is 0 Å². The third-order valence-electron chi connectivity index (χ3n) is 3.84. The first kappa shape index (κ1) is 13.5. The van der Waals surface area contributed by atoms with Crippen LogP contribution in [0.5, 0.6) is 0 Å². The molecule has 0 N–H and O–H groups in total. The maximum absolute atomic E-state index is 5.92. The summed E-state index contributed by atoms with van der Waals surface area (Å²) in [5.74, 6) is 0.680. The second-order valence-electron chi connectivity index (χ2n) is 5.70. The molecule has 0 amide bonds. The summed E-state index contributed by atoms with van der Waals surface area (Å²) in [6.45, 7) is 11.3. The van der Waals surface area contributed by atoms with Crippen LogP contribution in [-0.4, -0.2) is 39.0 Å². The Kier molecular flexibility index (Phi) is 3.48. The molecule has 0 bridgehead atoms. The van der Waals surface area contributed by atoms with E-state index in [0.29, 0.717) is 5.76 Å². The van der Waals surface area contributed by atoms with Crippen LogP contribution in [0.25, 0.3) is 0 Å². The topological polar surface area (TPSA) is 30.9 Å². The van der Waals surface area contributed by atoms with Crippen LogP contribution in [0.1, 0.15) is 13.8 Å². The summed E-state index contributed by atoms with van der Waals surface area (Å²) in [6.07, 6.45) is 0. The highest BCUT2D eigenvalue weighted by atomic mass is 16.7. The molecule has 0 atom stereocenters. The van der Waals surface area contributed by atoms with Crippen LogP contribution in [0.3, 0.4) is 0 Å². The van der Waals surface area contributed by atoms with Gasteiger partial charge >= 0.3 is 7.12 Å². The average Bonchev–Trinajstić information content (AvgIpc) is 2.74. The van der Waals surface area contributed by atoms with Crippen LogP contribution in [0, 0.1) is 0 Å². The lowest BCUT2D eigenvalue weighted by Gasteiger charge is -2.29. The molecule has 20 heavy (non-hydrogen) atoms. The van der Waals surface area contributed by atoms with E-state index in [-0.39, 0.29) is 7.12 Å². The number of hydrogen-bond acceptors (Lipinski definition) is 4. The second kappa shape index (κ2) is 5.15. The van der Waals surface area contributed by atoms with Crippen LogP contribution in [0.2, 0.25) is 0 Å². The van der Waals surface area contributed by atoms with E-state index in [2.05, 4.69) is 23.6 Å². The Balaban J connectivity index is 1.79. The minimum absolute atomic E-state index is 0.363. The van der Waals surface area contributed by atoms with Gasteiger partial charge in [0.05, 0.1) is 19.0 Å². The molecule has 0 saturated carbocycles. The standard InChI is InChI=1S/C15H20BNO3/c1-12-15(2,3)20-16(19-12)13-5-4-6-14(11-13)17-7-9-18-10-8-17/h4-6,11H,1,7-10H2,2-3H3. The molecule has 0 spiro atoms. The zero-order valence-corrected chi connectivity index (χ0v) is 12.1. The maximum Gasteiger partial charge on any atom is 0.563 e. The van der Waals surface area contributed by atoms with E-state index >= 15 is 0 Å². The fourth-order valence-corrected chi connectivity index (χ4v) is 2.45. The molecule has 5 heteroatoms. The van der Waals surface area contributed by atoms with Crippen LogP contribution in [0.4, 0.5) is 5.69 Å². The first-order valence-electron chi connectivity index (χ1n) is 7.03. The summed E-state index contributed by atoms with van der Waals surface area (Å²) in [4.78, 5) is 2.32. The van der Waals surface area contributed by atoms with Crippen molar-refractivity contribution in [1.82, 2.24) is 0 Å². The molecular formula is C15H20BNO3. The molecule has 1 aromatic carbocycles. The summed E-state index contributed by atoms with van der Waals surface area (Å²) in [5.41, 5.74) is 1.79. The molecule has 2 aliphatic rings. The Morgan fingerprint density at radius 1 is 1.25 bits per heavy atom. The highest BCUT2D eigenvalue weighted by Gasteiger charge is 2.42. The number of hydrogen-bond donors (Lipinski definition) is 0. The van der Waals surface area contributed by atoms with Gasteiger partial charge in [0.15, 0.2) is 0 Å². The SMILES string of the molecule is C=C1OB(c2cccc(N3CCOCC3)c2)OC1(C)C. The highest BCUT2D eigenvalue weighted by Crippen LogP contribution is 2.29. The summed E-state index contributed by atoms with van der Waals surface area (Å²) >= 11 is 0. The number of ether oxygens (including phenoxy) is 1. The van der Waals surface area contributed by atoms with Crippen molar-refractivity contribution in [2.75, 3.05) is 31.2 Å². The molecule has 0 aromatic heterocycles. The van der Waals surface area contributed by atoms with E-state index in [4.69, 9.17) is 14.0 Å². The van der Waals surface area contributed by atoms with Crippen molar-refractivity contribution in [3.8, 4) is 0 Å². The molecular weight excluding hydrogens is 253 g/mol. The normalized spacial score (nSPS) is 22.0. The van der Waals surface area contributed by atoms with Crippen molar-refractivity contribution >= 4 is 18.3 Å². The quantitative estimate of drug-likeness (QED) is 0.765. The minimum Gasteiger partial charge on any atom is -0.534 e. The van der Waals surface area contributed by atoms with E-state index in [1.54, 1.807) is 0 Å². The third kappa shape index (κ3) is 2.56. The van der Waals surface area contributed by atoms with Gasteiger partial charge in [0, 0.05) is 18.8 Å². The fourth-order valence-electron chi connectivity index (χ4n) is 2.45. The Morgan fingerprint density at radius 3 is 2.65 bits per heavy atom. The summed E-state index contributed by atoms with van der Waals surface area (Å²) in [6, 6.07) is 8.32. The van der Waals surface area contributed by atoms with Crippen molar-refractivity contribution in [2.24, 2.45) is 0 Å². The Labute approximate surface area is 120 Å². The van der Waals surface area contributed by atoms with Crippen LogP contribution in [-0.2, 0) is 14.0 Å². The van der Waals surface area contributed by atoms with Gasteiger partial charge in [-0.2, -0.15) is 0 Å². The molecule has 3 rings (SSSR count). The molecule has 1 aromatic rings. The van der Waals surface area contributed by atoms with Gasteiger partial charge in [-0.1, -0.05) is 18.7 Å². The predicted octanol–water partition coefficient (Wildman–Crippen LogP) is 1.56. The van der Waals surface area contributed by atoms with Gasteiger partial charge in [0.25, 0.3) is 0 Å². The molecule has 2 heterocycles. The van der Waals surface area contributed by atoms with Crippen molar-refractivity contribution in [1.29, 1.82) is 0 Å². The monoisotopic (exact) mass is 273 g/mol. The maximum atomic E-state index is 5.92. The number of benzene rings is 1. The molecule has 106 valence electrons. The molecule has 2 aliphatic heterocycles. The fraction of sp³-hybridized carbons (Fsp3) is 0.467. The number of morpholine rings is 1. The minimum atomic E-state index is -0.431. The number of nitrogens with zero attached hydrogens (tertiary/aromatic N) is 1. The van der Waals surface area contributed by atoms with E-state index < -0.39 is 5.60 Å². The first-order chi connectivity index (χ1) is 9.56. The molecule has 2 saturated heterocycles. The molecule has 0 radical (unpaired) electrons. The van der Waals surface area contributed by atoms with Crippen LogP contribution < -0.4 is 10.4 Å². The van der Waals surface area contributed by atoms with E-state index in [1.165, 1.54) is 5.69 Å². The Bertz CT molecular complexity index is 512. The predicted molar refractivity (Wildman–Crippen MR) is 80.3 cm³/mol. The average molecular weight is 273 g/mol. The molecule has 0 unspecified atom stereocenters. The van der Waals surface area contributed by atoms with Crippen LogP contribution in [0.15, 0.2) is 36.6 Å². The van der Waals surface area contributed by atoms with E-state index in [0.717, 1.165) is 31.8 Å². The Morgan fingerprint density at radius 2 is 2.00 bits per heavy atom. The van der Waals surface area contributed by atoms with E-state index in [9.17, 15) is 0 Å². The second-order valence-corrected chi connectivity index (χ2v) is 5.70. The first-order valence-corrected chi connectivity index (χ1v) is 7.03. The largest absolute Gasteiger partial charge is 0.563 e.